The molecule has 0 aromatic carbocycles. The van der Waals surface area contributed by atoms with Crippen molar-refractivity contribution in [3.8, 4) is 0 Å². The average Bonchev–Trinajstić information content (AvgIpc) is 2.76. The SMILES string of the molecule is Cc1ncncc1C(=O)NC(C)(C)c1nnc(N)s1. The molecule has 2 aromatic rings. The number of carbonyl (C=O) groups is 1. The molecule has 7 nitrogen and oxygen atoms in total. The summed E-state index contributed by atoms with van der Waals surface area (Å²) < 4.78 is 0. The number of hydrogen-bond donors (Lipinski definition) is 2. The lowest BCUT2D eigenvalue weighted by Crippen LogP contribution is -2.41. The molecule has 0 saturated carbocycles. The van der Waals surface area contributed by atoms with Gasteiger partial charge in [0.15, 0.2) is 0 Å². The maximum atomic E-state index is 12.2. The second-order valence-electron chi connectivity index (χ2n) is 4.55. The minimum absolute atomic E-state index is 0.253. The first-order valence-corrected chi connectivity index (χ1v) is 6.40. The van der Waals surface area contributed by atoms with Gasteiger partial charge in [-0.05, 0) is 20.8 Å². The third-order valence-electron chi connectivity index (χ3n) is 2.56. The van der Waals surface area contributed by atoms with Crippen molar-refractivity contribution in [3.63, 3.8) is 0 Å². The first kappa shape index (κ1) is 13.3. The van der Waals surface area contributed by atoms with Crippen LogP contribution in [-0.2, 0) is 5.54 Å². The maximum Gasteiger partial charge on any atom is 0.255 e. The van der Waals surface area contributed by atoms with E-state index in [0.29, 0.717) is 21.4 Å². The van der Waals surface area contributed by atoms with Crippen LogP contribution in [0.15, 0.2) is 12.5 Å². The highest BCUT2D eigenvalue weighted by atomic mass is 32.1. The Bertz CT molecular complexity index is 609. The molecule has 1 amide bonds. The van der Waals surface area contributed by atoms with Gasteiger partial charge in [0.1, 0.15) is 11.3 Å². The molecule has 8 heteroatoms. The number of rotatable bonds is 3. The number of nitrogens with zero attached hydrogens (tertiary/aromatic N) is 4. The summed E-state index contributed by atoms with van der Waals surface area (Å²) in [4.78, 5) is 20.0. The minimum atomic E-state index is -0.658. The largest absolute Gasteiger partial charge is 0.374 e. The molecule has 0 unspecified atom stereocenters. The molecule has 0 aliphatic rings. The number of aryl methyl sites for hydroxylation is 1. The Morgan fingerprint density at radius 2 is 2.16 bits per heavy atom. The molecule has 2 rings (SSSR count). The second-order valence-corrected chi connectivity index (χ2v) is 5.56. The van der Waals surface area contributed by atoms with Gasteiger partial charge in [0.2, 0.25) is 5.13 Å². The van der Waals surface area contributed by atoms with Crippen molar-refractivity contribution in [3.05, 3.63) is 28.8 Å². The first-order chi connectivity index (χ1) is 8.90. The molecule has 0 radical (unpaired) electrons. The maximum absolute atomic E-state index is 12.2. The fraction of sp³-hybridized carbons (Fsp3) is 0.364. The summed E-state index contributed by atoms with van der Waals surface area (Å²) in [5.74, 6) is -0.253. The van der Waals surface area contributed by atoms with Crippen molar-refractivity contribution in [2.45, 2.75) is 26.3 Å². The van der Waals surface area contributed by atoms with E-state index in [2.05, 4.69) is 25.5 Å². The first-order valence-electron chi connectivity index (χ1n) is 5.59. The van der Waals surface area contributed by atoms with Crippen molar-refractivity contribution in [1.29, 1.82) is 0 Å². The summed E-state index contributed by atoms with van der Waals surface area (Å²) in [6.07, 6.45) is 2.89. The van der Waals surface area contributed by atoms with Gasteiger partial charge in [-0.1, -0.05) is 11.3 Å². The fourth-order valence-corrected chi connectivity index (χ4v) is 2.17. The van der Waals surface area contributed by atoms with Crippen LogP contribution < -0.4 is 11.1 Å². The van der Waals surface area contributed by atoms with Crippen LogP contribution in [0.25, 0.3) is 0 Å². The quantitative estimate of drug-likeness (QED) is 0.863. The van der Waals surface area contributed by atoms with Crippen LogP contribution in [0.4, 0.5) is 5.13 Å². The molecule has 2 aromatic heterocycles. The van der Waals surface area contributed by atoms with E-state index in [9.17, 15) is 4.79 Å². The van der Waals surface area contributed by atoms with Crippen molar-refractivity contribution >= 4 is 22.4 Å². The van der Waals surface area contributed by atoms with Gasteiger partial charge in [-0.25, -0.2) is 9.97 Å². The van der Waals surface area contributed by atoms with E-state index < -0.39 is 5.54 Å². The molecule has 0 aliphatic heterocycles. The Labute approximate surface area is 114 Å². The zero-order chi connectivity index (χ0) is 14.0. The number of nitrogens with one attached hydrogen (secondary N) is 1. The van der Waals surface area contributed by atoms with Gasteiger partial charge in [-0.3, -0.25) is 4.79 Å². The summed E-state index contributed by atoms with van der Waals surface area (Å²) in [5.41, 5.74) is 5.96. The van der Waals surface area contributed by atoms with Gasteiger partial charge in [-0.2, -0.15) is 0 Å². The topological polar surface area (TPSA) is 107 Å². The third kappa shape index (κ3) is 2.84. The number of anilines is 1. The van der Waals surface area contributed by atoms with Crippen LogP contribution in [0.1, 0.15) is 34.9 Å². The highest BCUT2D eigenvalue weighted by Crippen LogP contribution is 2.25. The zero-order valence-corrected chi connectivity index (χ0v) is 11.7. The van der Waals surface area contributed by atoms with E-state index in [0.717, 1.165) is 0 Å². The molecule has 0 fully saturated rings. The predicted octanol–water partition coefficient (Wildman–Crippen LogP) is 0.884. The van der Waals surface area contributed by atoms with Crippen molar-refractivity contribution in [2.24, 2.45) is 0 Å². The molecule has 0 bridgehead atoms. The normalized spacial score (nSPS) is 11.3. The Morgan fingerprint density at radius 3 is 2.74 bits per heavy atom. The number of nitrogen functional groups attached to an aromatic ring is 1. The molecule has 100 valence electrons. The lowest BCUT2D eigenvalue weighted by molar-refractivity contribution is 0.0910. The standard InChI is InChI=1S/C11H14N6OS/c1-6-7(4-13-5-14-6)8(18)15-11(2,3)9-16-17-10(12)19-9/h4-5H,1-3H3,(H2,12,17)(H,15,18). The molecule has 19 heavy (non-hydrogen) atoms. The average molecular weight is 278 g/mol. The van der Waals surface area contributed by atoms with Gasteiger partial charge in [0, 0.05) is 6.20 Å². The lowest BCUT2D eigenvalue weighted by atomic mass is 10.1. The smallest absolute Gasteiger partial charge is 0.255 e. The summed E-state index contributed by atoms with van der Waals surface area (Å²) in [5, 5.41) is 11.6. The molecular weight excluding hydrogens is 264 g/mol. The number of carbonyl (C=O) groups excluding carboxylic acids is 1. The van der Waals surface area contributed by atoms with E-state index >= 15 is 0 Å². The molecule has 3 N–H and O–H groups in total. The van der Waals surface area contributed by atoms with E-state index in [1.165, 1.54) is 23.9 Å². The van der Waals surface area contributed by atoms with Gasteiger partial charge in [0.05, 0.1) is 16.8 Å². The van der Waals surface area contributed by atoms with E-state index in [4.69, 9.17) is 5.73 Å². The van der Waals surface area contributed by atoms with Gasteiger partial charge >= 0.3 is 0 Å². The fourth-order valence-electron chi connectivity index (χ4n) is 1.51. The highest BCUT2D eigenvalue weighted by Gasteiger charge is 2.28. The van der Waals surface area contributed by atoms with Crippen LogP contribution >= 0.6 is 11.3 Å². The number of amides is 1. The zero-order valence-electron chi connectivity index (χ0n) is 10.8. The Morgan fingerprint density at radius 1 is 1.42 bits per heavy atom. The van der Waals surface area contributed by atoms with Crippen LogP contribution in [-0.4, -0.2) is 26.1 Å². The Hall–Kier alpha value is -2.09. The molecular formula is C11H14N6OS. The third-order valence-corrected chi connectivity index (χ3v) is 3.63. The lowest BCUT2D eigenvalue weighted by Gasteiger charge is -2.23. The molecule has 0 atom stereocenters. The van der Waals surface area contributed by atoms with E-state index in [1.807, 2.05) is 13.8 Å². The van der Waals surface area contributed by atoms with Crippen LogP contribution in [0.5, 0.6) is 0 Å². The summed E-state index contributed by atoms with van der Waals surface area (Å²) in [6.45, 7) is 5.43. The molecule has 2 heterocycles. The Kier molecular flexibility index (Phi) is 3.43. The summed E-state index contributed by atoms with van der Waals surface area (Å²) in [6, 6.07) is 0. The number of nitrogens with two attached hydrogens (primary N) is 1. The van der Waals surface area contributed by atoms with Gasteiger partial charge in [0.25, 0.3) is 5.91 Å². The number of aromatic nitrogens is 4. The van der Waals surface area contributed by atoms with Gasteiger partial charge in [-0.15, -0.1) is 10.2 Å². The van der Waals surface area contributed by atoms with Crippen LogP contribution in [0, 0.1) is 6.92 Å². The van der Waals surface area contributed by atoms with Crippen molar-refractivity contribution < 1.29 is 4.79 Å². The van der Waals surface area contributed by atoms with Crippen LogP contribution in [0.2, 0.25) is 0 Å². The number of hydrogen-bond acceptors (Lipinski definition) is 7. The minimum Gasteiger partial charge on any atom is -0.374 e. The monoisotopic (exact) mass is 278 g/mol. The van der Waals surface area contributed by atoms with E-state index in [1.54, 1.807) is 6.92 Å². The summed E-state index contributed by atoms with van der Waals surface area (Å²) in [7, 11) is 0. The van der Waals surface area contributed by atoms with Crippen molar-refractivity contribution in [1.82, 2.24) is 25.5 Å². The van der Waals surface area contributed by atoms with E-state index in [-0.39, 0.29) is 5.91 Å². The molecule has 0 saturated heterocycles. The second kappa shape index (κ2) is 4.88. The molecule has 0 aliphatic carbocycles. The predicted molar refractivity (Wildman–Crippen MR) is 71.6 cm³/mol. The highest BCUT2D eigenvalue weighted by molar-refractivity contribution is 7.15. The summed E-state index contributed by atoms with van der Waals surface area (Å²) >= 11 is 1.25. The van der Waals surface area contributed by atoms with Crippen molar-refractivity contribution in [2.75, 3.05) is 5.73 Å². The van der Waals surface area contributed by atoms with Crippen LogP contribution in [0.3, 0.4) is 0 Å². The van der Waals surface area contributed by atoms with Gasteiger partial charge < -0.3 is 11.1 Å². The molecule has 0 spiro atoms. The Balaban J connectivity index is 2.21.